The van der Waals surface area contributed by atoms with Crippen LogP contribution in [-0.2, 0) is 11.2 Å². The lowest BCUT2D eigenvalue weighted by atomic mass is 10.2. The summed E-state index contributed by atoms with van der Waals surface area (Å²) >= 11 is 1.72. The lowest BCUT2D eigenvalue weighted by molar-refractivity contribution is 0.0875. The first-order valence-corrected chi connectivity index (χ1v) is 7.26. The Balaban J connectivity index is 1.64. The van der Waals surface area contributed by atoms with Crippen LogP contribution in [0.5, 0.6) is 0 Å². The molecule has 1 saturated heterocycles. The maximum atomic E-state index is 11.8. The summed E-state index contributed by atoms with van der Waals surface area (Å²) < 4.78 is 5.52. The molecule has 0 aromatic carbocycles. The van der Waals surface area contributed by atoms with Crippen LogP contribution in [0.25, 0.3) is 0 Å². The van der Waals surface area contributed by atoms with Crippen molar-refractivity contribution in [2.24, 2.45) is 0 Å². The molecule has 1 aliphatic rings. The van der Waals surface area contributed by atoms with Gasteiger partial charge in [0.2, 0.25) is 0 Å². The smallest absolute Gasteiger partial charge is 0.317 e. The molecule has 1 unspecified atom stereocenters. The average Bonchev–Trinajstić information content (AvgIpc) is 3.01. The van der Waals surface area contributed by atoms with Gasteiger partial charge in [-0.1, -0.05) is 6.07 Å². The van der Waals surface area contributed by atoms with Crippen LogP contribution in [0.1, 0.15) is 17.7 Å². The summed E-state index contributed by atoms with van der Waals surface area (Å²) in [5.41, 5.74) is 0. The molecule has 4 nitrogen and oxygen atoms in total. The lowest BCUT2D eigenvalue weighted by Crippen LogP contribution is -2.41. The average molecular weight is 268 g/mol. The highest BCUT2D eigenvalue weighted by Gasteiger charge is 2.19. The van der Waals surface area contributed by atoms with Gasteiger partial charge in [-0.2, -0.15) is 0 Å². The number of amides is 2. The van der Waals surface area contributed by atoms with Gasteiger partial charge in [0.15, 0.2) is 0 Å². The van der Waals surface area contributed by atoms with Gasteiger partial charge >= 0.3 is 6.03 Å². The van der Waals surface area contributed by atoms with E-state index in [2.05, 4.69) is 16.8 Å². The predicted octanol–water partition coefficient (Wildman–Crippen LogP) is 2.11. The molecule has 1 aromatic heterocycles. The van der Waals surface area contributed by atoms with E-state index in [1.54, 1.807) is 16.2 Å². The zero-order valence-electron chi connectivity index (χ0n) is 10.7. The number of likely N-dealkylation sites (N-methyl/N-ethyl adjacent to an activating group) is 1. The van der Waals surface area contributed by atoms with E-state index in [4.69, 9.17) is 4.74 Å². The number of urea groups is 1. The first-order valence-electron chi connectivity index (χ1n) is 6.38. The third-order valence-corrected chi connectivity index (χ3v) is 4.01. The van der Waals surface area contributed by atoms with Crippen molar-refractivity contribution < 1.29 is 9.53 Å². The standard InChI is InChI=1S/C13H20N2O2S/c1-15(10-11-4-2-8-17-11)13(16)14-7-6-12-5-3-9-18-12/h3,5,9,11H,2,4,6-8,10H2,1H3,(H,14,16). The van der Waals surface area contributed by atoms with Crippen LogP contribution in [0, 0.1) is 0 Å². The SMILES string of the molecule is CN(CC1CCCO1)C(=O)NCCc1cccs1. The molecule has 2 rings (SSSR count). The van der Waals surface area contributed by atoms with E-state index >= 15 is 0 Å². The van der Waals surface area contributed by atoms with Crippen molar-refractivity contribution in [3.63, 3.8) is 0 Å². The zero-order valence-corrected chi connectivity index (χ0v) is 11.5. The molecule has 1 atom stereocenters. The third-order valence-electron chi connectivity index (χ3n) is 3.08. The van der Waals surface area contributed by atoms with Crippen LogP contribution in [-0.4, -0.2) is 43.8 Å². The fourth-order valence-corrected chi connectivity index (χ4v) is 2.77. The van der Waals surface area contributed by atoms with Crippen molar-refractivity contribution >= 4 is 17.4 Å². The van der Waals surface area contributed by atoms with Gasteiger partial charge in [-0.3, -0.25) is 0 Å². The van der Waals surface area contributed by atoms with Gasteiger partial charge in [-0.05, 0) is 30.7 Å². The van der Waals surface area contributed by atoms with Gasteiger partial charge in [0, 0.05) is 31.6 Å². The zero-order chi connectivity index (χ0) is 12.8. The van der Waals surface area contributed by atoms with Crippen LogP contribution >= 0.6 is 11.3 Å². The molecule has 0 aliphatic carbocycles. The molecule has 1 aromatic rings. The third kappa shape index (κ3) is 3.99. The van der Waals surface area contributed by atoms with Crippen LogP contribution in [0.2, 0.25) is 0 Å². The Hall–Kier alpha value is -1.07. The van der Waals surface area contributed by atoms with Crippen molar-refractivity contribution in [3.05, 3.63) is 22.4 Å². The molecule has 1 aliphatic heterocycles. The van der Waals surface area contributed by atoms with E-state index < -0.39 is 0 Å². The van der Waals surface area contributed by atoms with Crippen LogP contribution < -0.4 is 5.32 Å². The second-order valence-corrected chi connectivity index (χ2v) is 5.61. The molecule has 5 heteroatoms. The summed E-state index contributed by atoms with van der Waals surface area (Å²) in [5.74, 6) is 0. The van der Waals surface area contributed by atoms with Gasteiger partial charge in [0.1, 0.15) is 0 Å². The summed E-state index contributed by atoms with van der Waals surface area (Å²) in [6.45, 7) is 2.21. The van der Waals surface area contributed by atoms with Gasteiger partial charge in [0.05, 0.1) is 6.10 Å². The highest BCUT2D eigenvalue weighted by atomic mass is 32.1. The number of ether oxygens (including phenoxy) is 1. The summed E-state index contributed by atoms with van der Waals surface area (Å²) in [6.07, 6.45) is 3.29. The van der Waals surface area contributed by atoms with Crippen LogP contribution in [0.15, 0.2) is 17.5 Å². The van der Waals surface area contributed by atoms with E-state index in [0.717, 1.165) is 25.9 Å². The monoisotopic (exact) mass is 268 g/mol. The van der Waals surface area contributed by atoms with E-state index in [-0.39, 0.29) is 12.1 Å². The number of thiophene rings is 1. The first-order chi connectivity index (χ1) is 8.75. The minimum atomic E-state index is -0.0120. The number of rotatable bonds is 5. The van der Waals surface area contributed by atoms with E-state index in [0.29, 0.717) is 13.1 Å². The fraction of sp³-hybridized carbons (Fsp3) is 0.615. The molecule has 0 bridgehead atoms. The summed E-state index contributed by atoms with van der Waals surface area (Å²) in [6, 6.07) is 4.11. The Kier molecular flexibility index (Phi) is 5.01. The molecule has 0 saturated carbocycles. The first kappa shape index (κ1) is 13.4. The van der Waals surface area contributed by atoms with Gasteiger partial charge in [-0.25, -0.2) is 4.79 Å². The molecule has 1 fully saturated rings. The Morgan fingerprint density at radius 3 is 3.22 bits per heavy atom. The van der Waals surface area contributed by atoms with E-state index in [1.807, 2.05) is 13.1 Å². The van der Waals surface area contributed by atoms with Gasteiger partial charge in [0.25, 0.3) is 0 Å². The number of hydrogen-bond acceptors (Lipinski definition) is 3. The minimum absolute atomic E-state index is 0.0120. The normalized spacial score (nSPS) is 18.8. The minimum Gasteiger partial charge on any atom is -0.376 e. The van der Waals surface area contributed by atoms with Gasteiger partial charge in [-0.15, -0.1) is 11.3 Å². The number of nitrogens with one attached hydrogen (secondary N) is 1. The van der Waals surface area contributed by atoms with Crippen molar-refractivity contribution in [1.82, 2.24) is 10.2 Å². The Bertz CT molecular complexity index is 361. The largest absolute Gasteiger partial charge is 0.376 e. The van der Waals surface area contributed by atoms with Crippen molar-refractivity contribution in [2.75, 3.05) is 26.7 Å². The molecule has 100 valence electrons. The molecule has 0 radical (unpaired) electrons. The van der Waals surface area contributed by atoms with Crippen LogP contribution in [0.4, 0.5) is 4.79 Å². The summed E-state index contributed by atoms with van der Waals surface area (Å²) in [5, 5.41) is 4.99. The maximum absolute atomic E-state index is 11.8. The molecule has 2 amide bonds. The highest BCUT2D eigenvalue weighted by molar-refractivity contribution is 7.09. The highest BCUT2D eigenvalue weighted by Crippen LogP contribution is 2.12. The van der Waals surface area contributed by atoms with Crippen LogP contribution in [0.3, 0.4) is 0 Å². The van der Waals surface area contributed by atoms with Gasteiger partial charge < -0.3 is 15.0 Å². The molecule has 18 heavy (non-hydrogen) atoms. The maximum Gasteiger partial charge on any atom is 0.317 e. The predicted molar refractivity (Wildman–Crippen MR) is 73.0 cm³/mol. The topological polar surface area (TPSA) is 41.6 Å². The summed E-state index contributed by atoms with van der Waals surface area (Å²) in [7, 11) is 1.82. The second kappa shape index (κ2) is 6.75. The molecule has 2 heterocycles. The fourth-order valence-electron chi connectivity index (χ4n) is 2.06. The van der Waals surface area contributed by atoms with E-state index in [9.17, 15) is 4.79 Å². The van der Waals surface area contributed by atoms with E-state index in [1.165, 1.54) is 4.88 Å². The Morgan fingerprint density at radius 2 is 2.56 bits per heavy atom. The number of carbonyl (C=O) groups is 1. The number of nitrogens with zero attached hydrogens (tertiary/aromatic N) is 1. The lowest BCUT2D eigenvalue weighted by Gasteiger charge is -2.21. The quantitative estimate of drug-likeness (QED) is 0.888. The Labute approximate surface area is 112 Å². The summed E-state index contributed by atoms with van der Waals surface area (Å²) in [4.78, 5) is 14.8. The van der Waals surface area contributed by atoms with Crippen molar-refractivity contribution in [1.29, 1.82) is 0 Å². The molecule has 1 N–H and O–H groups in total. The van der Waals surface area contributed by atoms with Crippen molar-refractivity contribution in [2.45, 2.75) is 25.4 Å². The molecule has 0 spiro atoms. The molecular formula is C13H20N2O2S. The number of carbonyl (C=O) groups excluding carboxylic acids is 1. The Morgan fingerprint density at radius 1 is 1.67 bits per heavy atom. The molecular weight excluding hydrogens is 248 g/mol. The second-order valence-electron chi connectivity index (χ2n) is 4.58. The number of hydrogen-bond donors (Lipinski definition) is 1. The van der Waals surface area contributed by atoms with Crippen molar-refractivity contribution in [3.8, 4) is 0 Å².